The minimum atomic E-state index is -0.0672. The van der Waals surface area contributed by atoms with Crippen LogP contribution in [0.3, 0.4) is 0 Å². The van der Waals surface area contributed by atoms with Crippen molar-refractivity contribution >= 4 is 17.5 Å². The van der Waals surface area contributed by atoms with Crippen LogP contribution in [-0.4, -0.2) is 27.2 Å². The first kappa shape index (κ1) is 15.3. The van der Waals surface area contributed by atoms with Gasteiger partial charge in [-0.2, -0.15) is 4.98 Å². The lowest BCUT2D eigenvalue weighted by Crippen LogP contribution is -2.27. The highest BCUT2D eigenvalue weighted by Crippen LogP contribution is 2.23. The summed E-state index contributed by atoms with van der Waals surface area (Å²) in [6.45, 7) is 2.68. The fourth-order valence-electron chi connectivity index (χ4n) is 2.20. The Kier molecular flexibility index (Phi) is 4.43. The lowest BCUT2D eigenvalue weighted by molar-refractivity contribution is -0.121. The summed E-state index contributed by atoms with van der Waals surface area (Å²) in [5, 5.41) is 7.39. The molecule has 7 heteroatoms. The molecule has 23 heavy (non-hydrogen) atoms. The van der Waals surface area contributed by atoms with Gasteiger partial charge >= 0.3 is 0 Å². The van der Waals surface area contributed by atoms with Gasteiger partial charge in [0.2, 0.25) is 11.7 Å². The van der Waals surface area contributed by atoms with Crippen molar-refractivity contribution in [2.24, 2.45) is 0 Å². The highest BCUT2D eigenvalue weighted by Gasteiger charge is 2.15. The molecule has 2 aromatic heterocycles. The van der Waals surface area contributed by atoms with Gasteiger partial charge in [0.25, 0.3) is 5.89 Å². The lowest BCUT2D eigenvalue weighted by Gasteiger charge is -2.06. The Balaban J connectivity index is 1.85. The molecule has 0 radical (unpaired) electrons. The summed E-state index contributed by atoms with van der Waals surface area (Å²) in [6.07, 6.45) is 1.80. The van der Waals surface area contributed by atoms with Crippen LogP contribution in [0.25, 0.3) is 23.0 Å². The van der Waals surface area contributed by atoms with E-state index in [1.165, 1.54) is 0 Å². The quantitative estimate of drug-likeness (QED) is 0.780. The topological polar surface area (TPSA) is 73.0 Å². The molecule has 0 unspecified atom stereocenters. The van der Waals surface area contributed by atoms with Crippen LogP contribution < -0.4 is 5.32 Å². The maximum Gasteiger partial charge on any atom is 0.274 e. The van der Waals surface area contributed by atoms with Crippen LogP contribution in [0.5, 0.6) is 0 Å². The van der Waals surface area contributed by atoms with Crippen LogP contribution in [-0.2, 0) is 11.3 Å². The molecule has 0 bridgehead atoms. The number of carbonyl (C=O) groups excluding carboxylic acids is 1. The van der Waals surface area contributed by atoms with Gasteiger partial charge < -0.3 is 14.4 Å². The van der Waals surface area contributed by atoms with Crippen molar-refractivity contribution in [2.75, 3.05) is 6.54 Å². The number of halogens is 1. The first-order chi connectivity index (χ1) is 11.2. The molecule has 6 nitrogen and oxygen atoms in total. The standard InChI is InChI=1S/C16H15ClN4O2/c1-2-18-14(22)10-21-9-3-4-13(21)16-19-15(20-23-16)11-5-7-12(17)8-6-11/h3-9H,2,10H2,1H3,(H,18,22). The van der Waals surface area contributed by atoms with E-state index in [2.05, 4.69) is 15.5 Å². The zero-order valence-corrected chi connectivity index (χ0v) is 13.2. The minimum absolute atomic E-state index is 0.0672. The van der Waals surface area contributed by atoms with Crippen molar-refractivity contribution in [1.29, 1.82) is 0 Å². The van der Waals surface area contributed by atoms with E-state index in [0.29, 0.717) is 29.0 Å². The van der Waals surface area contributed by atoms with Crippen LogP contribution in [0.2, 0.25) is 5.02 Å². The van der Waals surface area contributed by atoms with E-state index in [1.807, 2.05) is 31.2 Å². The maximum absolute atomic E-state index is 11.7. The van der Waals surface area contributed by atoms with Crippen LogP contribution in [0.1, 0.15) is 6.92 Å². The van der Waals surface area contributed by atoms with Crippen molar-refractivity contribution in [1.82, 2.24) is 20.0 Å². The van der Waals surface area contributed by atoms with Gasteiger partial charge in [0.1, 0.15) is 12.2 Å². The van der Waals surface area contributed by atoms with E-state index in [9.17, 15) is 4.79 Å². The van der Waals surface area contributed by atoms with Gasteiger partial charge in [0.15, 0.2) is 0 Å². The van der Waals surface area contributed by atoms with Gasteiger partial charge in [-0.25, -0.2) is 0 Å². The zero-order valence-electron chi connectivity index (χ0n) is 12.5. The largest absolute Gasteiger partial charge is 0.355 e. The minimum Gasteiger partial charge on any atom is -0.355 e. The number of aromatic nitrogens is 3. The van der Waals surface area contributed by atoms with E-state index in [1.54, 1.807) is 22.9 Å². The van der Waals surface area contributed by atoms with E-state index in [4.69, 9.17) is 16.1 Å². The summed E-state index contributed by atoms with van der Waals surface area (Å²) in [7, 11) is 0. The van der Waals surface area contributed by atoms with Gasteiger partial charge in [0, 0.05) is 23.3 Å². The van der Waals surface area contributed by atoms with Crippen molar-refractivity contribution < 1.29 is 9.32 Å². The SMILES string of the molecule is CCNC(=O)Cn1cccc1-c1nc(-c2ccc(Cl)cc2)no1. The van der Waals surface area contributed by atoms with Gasteiger partial charge in [-0.3, -0.25) is 4.79 Å². The first-order valence-electron chi connectivity index (χ1n) is 7.19. The Morgan fingerprint density at radius 3 is 2.83 bits per heavy atom. The summed E-state index contributed by atoms with van der Waals surface area (Å²) in [5.41, 5.74) is 1.51. The molecule has 0 aliphatic rings. The monoisotopic (exact) mass is 330 g/mol. The number of nitrogens with one attached hydrogen (secondary N) is 1. The average molecular weight is 331 g/mol. The van der Waals surface area contributed by atoms with Crippen LogP contribution in [0, 0.1) is 0 Å². The van der Waals surface area contributed by atoms with E-state index < -0.39 is 0 Å². The molecule has 0 spiro atoms. The number of hydrogen-bond acceptors (Lipinski definition) is 4. The number of rotatable bonds is 5. The maximum atomic E-state index is 11.7. The number of nitrogens with zero attached hydrogens (tertiary/aromatic N) is 3. The molecule has 1 aromatic carbocycles. The molecule has 1 amide bonds. The van der Waals surface area contributed by atoms with Gasteiger partial charge in [-0.15, -0.1) is 0 Å². The second-order valence-electron chi connectivity index (χ2n) is 4.90. The lowest BCUT2D eigenvalue weighted by atomic mass is 10.2. The van der Waals surface area contributed by atoms with E-state index >= 15 is 0 Å². The second-order valence-corrected chi connectivity index (χ2v) is 5.34. The fourth-order valence-corrected chi connectivity index (χ4v) is 2.32. The molecule has 3 rings (SSSR count). The second kappa shape index (κ2) is 6.66. The molecule has 0 saturated heterocycles. The summed E-state index contributed by atoms with van der Waals surface area (Å²) >= 11 is 5.88. The third-order valence-electron chi connectivity index (χ3n) is 3.26. The fraction of sp³-hybridized carbons (Fsp3) is 0.188. The number of amides is 1. The first-order valence-corrected chi connectivity index (χ1v) is 7.57. The van der Waals surface area contributed by atoms with Gasteiger partial charge in [0.05, 0.1) is 0 Å². The van der Waals surface area contributed by atoms with Crippen molar-refractivity contribution in [3.8, 4) is 23.0 Å². The number of carbonyl (C=O) groups is 1. The summed E-state index contributed by atoms with van der Waals surface area (Å²) in [4.78, 5) is 16.1. The molecule has 0 aliphatic heterocycles. The van der Waals surface area contributed by atoms with Crippen molar-refractivity contribution in [2.45, 2.75) is 13.5 Å². The molecule has 0 aliphatic carbocycles. The Labute approximate surface area is 138 Å². The Morgan fingerprint density at radius 1 is 1.30 bits per heavy atom. The zero-order chi connectivity index (χ0) is 16.2. The molecule has 0 saturated carbocycles. The molecule has 2 heterocycles. The molecule has 0 atom stereocenters. The summed E-state index contributed by atoms with van der Waals surface area (Å²) in [6, 6.07) is 10.9. The number of likely N-dealkylation sites (N-methyl/N-ethyl adjacent to an activating group) is 1. The molecule has 0 fully saturated rings. The van der Waals surface area contributed by atoms with Crippen molar-refractivity contribution in [3.63, 3.8) is 0 Å². The normalized spacial score (nSPS) is 10.7. The third-order valence-corrected chi connectivity index (χ3v) is 3.52. The van der Waals surface area contributed by atoms with Crippen LogP contribution in [0.4, 0.5) is 0 Å². The predicted molar refractivity (Wildman–Crippen MR) is 86.9 cm³/mol. The highest BCUT2D eigenvalue weighted by atomic mass is 35.5. The average Bonchev–Trinajstić information content (AvgIpc) is 3.17. The molecule has 118 valence electrons. The molecular weight excluding hydrogens is 316 g/mol. The Hall–Kier alpha value is -2.60. The van der Waals surface area contributed by atoms with Gasteiger partial charge in [-0.05, 0) is 43.3 Å². The molecule has 3 aromatic rings. The Bertz CT molecular complexity index is 808. The van der Waals surface area contributed by atoms with E-state index in [-0.39, 0.29) is 12.5 Å². The Morgan fingerprint density at radius 2 is 2.09 bits per heavy atom. The smallest absolute Gasteiger partial charge is 0.274 e. The molecular formula is C16H15ClN4O2. The van der Waals surface area contributed by atoms with E-state index in [0.717, 1.165) is 5.56 Å². The summed E-state index contributed by atoms with van der Waals surface area (Å²) < 4.78 is 7.10. The molecule has 1 N–H and O–H groups in total. The highest BCUT2D eigenvalue weighted by molar-refractivity contribution is 6.30. The number of benzene rings is 1. The van der Waals surface area contributed by atoms with Crippen molar-refractivity contribution in [3.05, 3.63) is 47.6 Å². The van der Waals surface area contributed by atoms with Crippen LogP contribution >= 0.6 is 11.6 Å². The van der Waals surface area contributed by atoms with Gasteiger partial charge in [-0.1, -0.05) is 16.8 Å². The number of hydrogen-bond donors (Lipinski definition) is 1. The van der Waals surface area contributed by atoms with Crippen LogP contribution in [0.15, 0.2) is 47.1 Å². The summed E-state index contributed by atoms with van der Waals surface area (Å²) in [5.74, 6) is 0.772. The predicted octanol–water partition coefficient (Wildman–Crippen LogP) is 2.99. The third kappa shape index (κ3) is 3.43.